The average Bonchev–Trinajstić information content (AvgIpc) is 2.90. The molecule has 3 heteroatoms. The lowest BCUT2D eigenvalue weighted by Gasteiger charge is -2.06. The highest BCUT2D eigenvalue weighted by Crippen LogP contribution is 2.14. The summed E-state index contributed by atoms with van der Waals surface area (Å²) in [6, 6.07) is 9.81. The van der Waals surface area contributed by atoms with E-state index in [2.05, 4.69) is 19.1 Å². The summed E-state index contributed by atoms with van der Waals surface area (Å²) in [5.74, 6) is 0.746. The number of carbonyl (C=O) groups is 1. The van der Waals surface area contributed by atoms with E-state index in [4.69, 9.17) is 4.74 Å². The van der Waals surface area contributed by atoms with Crippen molar-refractivity contribution < 1.29 is 9.53 Å². The average molecular weight is 271 g/mol. The second-order valence-electron chi connectivity index (χ2n) is 5.03. The van der Waals surface area contributed by atoms with Crippen LogP contribution in [0.4, 0.5) is 0 Å². The molecule has 0 saturated carbocycles. The minimum absolute atomic E-state index is 0.000611. The number of aryl methyl sites for hydroxylation is 2. The highest BCUT2D eigenvalue weighted by atomic mass is 16.5. The maximum atomic E-state index is 11.9. The second kappa shape index (κ2) is 6.94. The van der Waals surface area contributed by atoms with Crippen molar-refractivity contribution in [2.75, 3.05) is 6.61 Å². The molecule has 1 aromatic heterocycles. The second-order valence-corrected chi connectivity index (χ2v) is 5.03. The van der Waals surface area contributed by atoms with Crippen molar-refractivity contribution in [3.8, 4) is 5.75 Å². The van der Waals surface area contributed by atoms with Crippen molar-refractivity contribution in [1.29, 1.82) is 0 Å². The van der Waals surface area contributed by atoms with Gasteiger partial charge in [-0.25, -0.2) is 0 Å². The number of hydrogen-bond donors (Lipinski definition) is 0. The van der Waals surface area contributed by atoms with Crippen LogP contribution in [-0.2, 0) is 13.5 Å². The molecule has 1 heterocycles. The van der Waals surface area contributed by atoms with Crippen LogP contribution >= 0.6 is 0 Å². The predicted molar refractivity (Wildman–Crippen MR) is 80.3 cm³/mol. The van der Waals surface area contributed by atoms with E-state index < -0.39 is 0 Å². The van der Waals surface area contributed by atoms with E-state index in [1.165, 1.54) is 18.4 Å². The first kappa shape index (κ1) is 14.4. The Morgan fingerprint density at radius 1 is 1.20 bits per heavy atom. The van der Waals surface area contributed by atoms with Gasteiger partial charge in [0.05, 0.1) is 0 Å². The molecule has 0 unspecified atom stereocenters. The number of nitrogens with zero attached hydrogens (tertiary/aromatic N) is 1. The Balaban J connectivity index is 1.86. The van der Waals surface area contributed by atoms with E-state index in [1.807, 2.05) is 29.9 Å². The predicted octanol–water partition coefficient (Wildman–Crippen LogP) is 3.63. The van der Waals surface area contributed by atoms with Gasteiger partial charge in [0.1, 0.15) is 5.75 Å². The van der Waals surface area contributed by atoms with Crippen molar-refractivity contribution in [3.63, 3.8) is 0 Å². The van der Waals surface area contributed by atoms with Gasteiger partial charge in [0.2, 0.25) is 5.78 Å². The third-order valence-corrected chi connectivity index (χ3v) is 3.27. The van der Waals surface area contributed by atoms with E-state index >= 15 is 0 Å². The summed E-state index contributed by atoms with van der Waals surface area (Å²) in [6.45, 7) is 2.27. The Morgan fingerprint density at radius 2 is 1.95 bits per heavy atom. The third-order valence-electron chi connectivity index (χ3n) is 3.27. The van der Waals surface area contributed by atoms with Gasteiger partial charge in [0.25, 0.3) is 0 Å². The minimum atomic E-state index is 0.000611. The number of ketones is 1. The first-order valence-corrected chi connectivity index (χ1v) is 7.06. The van der Waals surface area contributed by atoms with Crippen LogP contribution < -0.4 is 4.74 Å². The van der Waals surface area contributed by atoms with Crippen molar-refractivity contribution in [3.05, 3.63) is 53.9 Å². The SMILES string of the molecule is CCCCc1ccc(OCC(=O)c2ccn(C)c2)cc1. The topological polar surface area (TPSA) is 31.2 Å². The first-order chi connectivity index (χ1) is 9.69. The molecule has 0 atom stereocenters. The Kier molecular flexibility index (Phi) is 4.99. The van der Waals surface area contributed by atoms with Gasteiger partial charge >= 0.3 is 0 Å². The fraction of sp³-hybridized carbons (Fsp3) is 0.353. The van der Waals surface area contributed by atoms with E-state index in [-0.39, 0.29) is 12.4 Å². The van der Waals surface area contributed by atoms with Crippen LogP contribution in [-0.4, -0.2) is 17.0 Å². The normalized spacial score (nSPS) is 10.5. The molecule has 0 amide bonds. The quantitative estimate of drug-likeness (QED) is 0.720. The van der Waals surface area contributed by atoms with Gasteiger partial charge in [0, 0.05) is 25.0 Å². The molecule has 106 valence electrons. The summed E-state index contributed by atoms with van der Waals surface area (Å²) in [7, 11) is 1.90. The molecule has 0 spiro atoms. The molecule has 0 radical (unpaired) electrons. The molecule has 1 aromatic carbocycles. The number of ether oxygens (including phenoxy) is 1. The van der Waals surface area contributed by atoms with Crippen LogP contribution in [0.5, 0.6) is 5.75 Å². The van der Waals surface area contributed by atoms with Crippen molar-refractivity contribution in [2.24, 2.45) is 7.05 Å². The Hall–Kier alpha value is -2.03. The van der Waals surface area contributed by atoms with Crippen molar-refractivity contribution in [1.82, 2.24) is 4.57 Å². The van der Waals surface area contributed by atoms with Crippen LogP contribution in [0.2, 0.25) is 0 Å². The summed E-state index contributed by atoms with van der Waals surface area (Å²) < 4.78 is 7.39. The highest BCUT2D eigenvalue weighted by molar-refractivity contribution is 5.97. The Bertz CT molecular complexity index is 555. The lowest BCUT2D eigenvalue weighted by molar-refractivity contribution is 0.0921. The molecule has 2 aromatic rings. The number of Topliss-reactive ketones (excluding diaryl/α,β-unsaturated/α-hetero) is 1. The van der Waals surface area contributed by atoms with Crippen LogP contribution in [0, 0.1) is 0 Å². The highest BCUT2D eigenvalue weighted by Gasteiger charge is 2.07. The van der Waals surface area contributed by atoms with Gasteiger partial charge in [-0.2, -0.15) is 0 Å². The summed E-state index contributed by atoms with van der Waals surface area (Å²) >= 11 is 0. The van der Waals surface area contributed by atoms with E-state index in [9.17, 15) is 4.79 Å². The lowest BCUT2D eigenvalue weighted by Crippen LogP contribution is -2.10. The monoisotopic (exact) mass is 271 g/mol. The van der Waals surface area contributed by atoms with Crippen LogP contribution in [0.3, 0.4) is 0 Å². The van der Waals surface area contributed by atoms with Crippen molar-refractivity contribution >= 4 is 5.78 Å². The summed E-state index contributed by atoms with van der Waals surface area (Å²) in [5, 5.41) is 0. The molecule has 2 rings (SSSR count). The maximum absolute atomic E-state index is 11.9. The van der Waals surface area contributed by atoms with Gasteiger partial charge < -0.3 is 9.30 Å². The molecular formula is C17H21NO2. The number of aromatic nitrogens is 1. The van der Waals surface area contributed by atoms with Crippen LogP contribution in [0.25, 0.3) is 0 Å². The number of benzene rings is 1. The van der Waals surface area contributed by atoms with Crippen LogP contribution in [0.15, 0.2) is 42.7 Å². The smallest absolute Gasteiger partial charge is 0.201 e. The number of unbranched alkanes of at least 4 members (excludes halogenated alkanes) is 1. The van der Waals surface area contributed by atoms with Crippen molar-refractivity contribution in [2.45, 2.75) is 26.2 Å². The van der Waals surface area contributed by atoms with E-state index in [0.717, 1.165) is 12.2 Å². The molecule has 20 heavy (non-hydrogen) atoms. The fourth-order valence-corrected chi connectivity index (χ4v) is 2.03. The molecule has 0 aliphatic rings. The summed E-state index contributed by atoms with van der Waals surface area (Å²) in [5.41, 5.74) is 2.00. The molecule has 0 saturated heterocycles. The van der Waals surface area contributed by atoms with Gasteiger partial charge in [-0.05, 0) is 36.6 Å². The zero-order valence-electron chi connectivity index (χ0n) is 12.1. The summed E-state index contributed by atoms with van der Waals surface area (Å²) in [6.07, 6.45) is 7.16. The molecule has 0 aliphatic heterocycles. The lowest BCUT2D eigenvalue weighted by atomic mass is 10.1. The van der Waals surface area contributed by atoms with Crippen LogP contribution in [0.1, 0.15) is 35.7 Å². The first-order valence-electron chi connectivity index (χ1n) is 7.06. The Morgan fingerprint density at radius 3 is 2.55 bits per heavy atom. The Labute approximate surface area is 120 Å². The number of carbonyl (C=O) groups excluding carboxylic acids is 1. The zero-order valence-corrected chi connectivity index (χ0v) is 12.1. The molecule has 0 N–H and O–H groups in total. The zero-order chi connectivity index (χ0) is 14.4. The molecule has 0 bridgehead atoms. The van der Waals surface area contributed by atoms with Gasteiger partial charge in [-0.1, -0.05) is 25.5 Å². The fourth-order valence-electron chi connectivity index (χ4n) is 2.03. The minimum Gasteiger partial charge on any atom is -0.485 e. The standard InChI is InChI=1S/C17H21NO2/c1-3-4-5-14-6-8-16(9-7-14)20-13-17(19)15-10-11-18(2)12-15/h6-12H,3-5,13H2,1-2H3. The van der Waals surface area contributed by atoms with E-state index in [1.54, 1.807) is 12.3 Å². The van der Waals surface area contributed by atoms with Gasteiger partial charge in [-0.3, -0.25) is 4.79 Å². The number of rotatable bonds is 7. The molecule has 3 nitrogen and oxygen atoms in total. The third kappa shape index (κ3) is 3.98. The van der Waals surface area contributed by atoms with Gasteiger partial charge in [0.15, 0.2) is 6.61 Å². The molecule has 0 aliphatic carbocycles. The summed E-state index contributed by atoms with van der Waals surface area (Å²) in [4.78, 5) is 11.9. The molecular weight excluding hydrogens is 250 g/mol. The maximum Gasteiger partial charge on any atom is 0.201 e. The van der Waals surface area contributed by atoms with Gasteiger partial charge in [-0.15, -0.1) is 0 Å². The molecule has 0 fully saturated rings. The number of hydrogen-bond acceptors (Lipinski definition) is 2. The van der Waals surface area contributed by atoms with E-state index in [0.29, 0.717) is 5.56 Å². The largest absolute Gasteiger partial charge is 0.485 e.